The molecule has 0 saturated carbocycles. The molecule has 0 bridgehead atoms. The van der Waals surface area contributed by atoms with Gasteiger partial charge in [0, 0.05) is 12.6 Å². The van der Waals surface area contributed by atoms with Crippen molar-refractivity contribution in [3.8, 4) is 11.8 Å². The van der Waals surface area contributed by atoms with Crippen molar-refractivity contribution in [1.29, 1.82) is 5.26 Å². The predicted molar refractivity (Wildman–Crippen MR) is 125 cm³/mol. The number of carbonyl (C=O) groups excluding carboxylic acids is 2. The highest BCUT2D eigenvalue weighted by Gasteiger charge is 2.23. The van der Waals surface area contributed by atoms with Gasteiger partial charge in [-0.2, -0.15) is 5.26 Å². The van der Waals surface area contributed by atoms with Gasteiger partial charge in [-0.1, -0.05) is 24.3 Å². The molecule has 0 fully saturated rings. The third kappa shape index (κ3) is 5.70. The first-order valence-electron chi connectivity index (χ1n) is 10.1. The number of carbonyl (C=O) groups is 2. The third-order valence-corrected chi connectivity index (χ3v) is 6.62. The lowest BCUT2D eigenvalue weighted by molar-refractivity contribution is -0.128. The van der Waals surface area contributed by atoms with E-state index in [1.54, 1.807) is 54.6 Å². The first kappa shape index (κ1) is 24.3. The second-order valence-electron chi connectivity index (χ2n) is 7.18. The van der Waals surface area contributed by atoms with E-state index in [-0.39, 0.29) is 10.5 Å². The quantitative estimate of drug-likeness (QED) is 0.503. The van der Waals surface area contributed by atoms with Crippen LogP contribution in [-0.2, 0) is 14.8 Å². The molecule has 1 atom stereocenters. The molecule has 0 aliphatic heterocycles. The lowest BCUT2D eigenvalue weighted by atomic mass is 10.2. The van der Waals surface area contributed by atoms with Gasteiger partial charge in [-0.3, -0.25) is 24.7 Å². The van der Waals surface area contributed by atoms with Crippen LogP contribution < -0.4 is 19.9 Å². The number of benzene rings is 3. The summed E-state index contributed by atoms with van der Waals surface area (Å²) in [6.45, 7) is 1.49. The Bertz CT molecular complexity index is 1320. The third-order valence-electron chi connectivity index (χ3n) is 4.84. The van der Waals surface area contributed by atoms with E-state index in [9.17, 15) is 18.0 Å². The first-order chi connectivity index (χ1) is 16.2. The molecule has 0 saturated heterocycles. The van der Waals surface area contributed by atoms with Gasteiger partial charge in [0.25, 0.3) is 21.8 Å². The smallest absolute Gasteiger partial charge is 0.279 e. The Hall–Kier alpha value is -4.36. The van der Waals surface area contributed by atoms with Crippen LogP contribution in [0.2, 0.25) is 0 Å². The summed E-state index contributed by atoms with van der Waals surface area (Å²) in [5, 5.41) is 8.82. The van der Waals surface area contributed by atoms with Crippen molar-refractivity contribution in [2.45, 2.75) is 17.9 Å². The van der Waals surface area contributed by atoms with Crippen LogP contribution in [0.4, 0.5) is 5.69 Å². The van der Waals surface area contributed by atoms with E-state index < -0.39 is 27.9 Å². The molecule has 2 amide bonds. The van der Waals surface area contributed by atoms with Crippen molar-refractivity contribution < 1.29 is 22.7 Å². The van der Waals surface area contributed by atoms with Crippen molar-refractivity contribution in [2.75, 3.05) is 11.4 Å². The molecule has 0 aliphatic rings. The number of nitrogens with one attached hydrogen (secondary N) is 2. The number of hydrogen-bond donors (Lipinski definition) is 2. The summed E-state index contributed by atoms with van der Waals surface area (Å²) in [6.07, 6.45) is -0.945. The number of para-hydroxylation sites is 1. The summed E-state index contributed by atoms with van der Waals surface area (Å²) in [4.78, 5) is 24.7. The highest BCUT2D eigenvalue weighted by atomic mass is 32.2. The van der Waals surface area contributed by atoms with Crippen LogP contribution in [0, 0.1) is 11.3 Å². The topological polar surface area (TPSA) is 129 Å². The molecule has 174 valence electrons. The minimum atomic E-state index is -3.91. The molecule has 3 aromatic carbocycles. The lowest BCUT2D eigenvalue weighted by Gasteiger charge is -2.20. The number of nitriles is 1. The lowest BCUT2D eigenvalue weighted by Crippen LogP contribution is -2.47. The number of anilines is 1. The fourth-order valence-corrected chi connectivity index (χ4v) is 4.13. The summed E-state index contributed by atoms with van der Waals surface area (Å²) >= 11 is 0. The minimum absolute atomic E-state index is 0.0449. The zero-order valence-corrected chi connectivity index (χ0v) is 19.2. The standard InChI is InChI=1S/C24H22N4O5S/c1-17(33-21-13-11-18(16-25)12-14-21)23(29)26-27-24(30)19-7-6-10-22(15-19)34(31,32)28(2)20-8-4-3-5-9-20/h3-15,17H,1-2H3,(H,26,29)(H,27,30)/t17-/m0/s1. The Morgan fingerprint density at radius 2 is 1.65 bits per heavy atom. The fraction of sp³-hybridized carbons (Fsp3) is 0.125. The largest absolute Gasteiger partial charge is 0.481 e. The Morgan fingerprint density at radius 3 is 2.29 bits per heavy atom. The highest BCUT2D eigenvalue weighted by Crippen LogP contribution is 2.22. The van der Waals surface area contributed by atoms with Crippen LogP contribution in [0.3, 0.4) is 0 Å². The Balaban J connectivity index is 1.63. The molecule has 0 spiro atoms. The van der Waals surface area contributed by atoms with Gasteiger partial charge in [0.05, 0.1) is 22.2 Å². The number of ether oxygens (including phenoxy) is 1. The number of sulfonamides is 1. The summed E-state index contributed by atoms with van der Waals surface area (Å²) in [5.41, 5.74) is 5.48. The zero-order chi connectivity index (χ0) is 24.7. The van der Waals surface area contributed by atoms with Crippen molar-refractivity contribution in [3.63, 3.8) is 0 Å². The minimum Gasteiger partial charge on any atom is -0.481 e. The Kier molecular flexibility index (Phi) is 7.50. The molecular weight excluding hydrogens is 456 g/mol. The van der Waals surface area contributed by atoms with Gasteiger partial charge in [0.15, 0.2) is 6.10 Å². The van der Waals surface area contributed by atoms with Crippen LogP contribution in [0.25, 0.3) is 0 Å². The fourth-order valence-electron chi connectivity index (χ4n) is 2.89. The normalized spacial score (nSPS) is 11.6. The Labute approximate surface area is 197 Å². The van der Waals surface area contributed by atoms with Crippen LogP contribution in [0.1, 0.15) is 22.8 Å². The average Bonchev–Trinajstić information content (AvgIpc) is 2.87. The molecule has 0 aliphatic carbocycles. The summed E-state index contributed by atoms with van der Waals surface area (Å²) in [7, 11) is -2.48. The zero-order valence-electron chi connectivity index (χ0n) is 18.4. The molecule has 0 radical (unpaired) electrons. The molecule has 34 heavy (non-hydrogen) atoms. The number of amides is 2. The van der Waals surface area contributed by atoms with Gasteiger partial charge < -0.3 is 4.74 Å². The van der Waals surface area contributed by atoms with E-state index in [0.29, 0.717) is 17.0 Å². The SMILES string of the molecule is C[C@H](Oc1ccc(C#N)cc1)C(=O)NNC(=O)c1cccc(S(=O)(=O)N(C)c2ccccc2)c1. The summed E-state index contributed by atoms with van der Waals surface area (Å²) in [5.74, 6) is -0.933. The molecule has 0 unspecified atom stereocenters. The van der Waals surface area contributed by atoms with Crippen molar-refractivity contribution >= 4 is 27.5 Å². The molecule has 0 aromatic heterocycles. The van der Waals surface area contributed by atoms with Crippen molar-refractivity contribution in [2.24, 2.45) is 0 Å². The van der Waals surface area contributed by atoms with Crippen LogP contribution in [-0.4, -0.2) is 33.4 Å². The number of hydrogen-bond acceptors (Lipinski definition) is 6. The molecule has 2 N–H and O–H groups in total. The molecular formula is C24H22N4O5S. The maximum atomic E-state index is 13.0. The van der Waals surface area contributed by atoms with E-state index in [1.165, 1.54) is 38.2 Å². The summed E-state index contributed by atoms with van der Waals surface area (Å²) in [6, 6.07) is 22.2. The Morgan fingerprint density at radius 1 is 0.971 bits per heavy atom. The first-order valence-corrected chi connectivity index (χ1v) is 11.6. The van der Waals surface area contributed by atoms with Gasteiger partial charge in [-0.15, -0.1) is 0 Å². The molecule has 0 heterocycles. The van der Waals surface area contributed by atoms with E-state index in [2.05, 4.69) is 10.9 Å². The molecule has 3 aromatic rings. The van der Waals surface area contributed by atoms with Crippen LogP contribution >= 0.6 is 0 Å². The van der Waals surface area contributed by atoms with Gasteiger partial charge in [-0.25, -0.2) is 8.42 Å². The van der Waals surface area contributed by atoms with E-state index >= 15 is 0 Å². The average molecular weight is 479 g/mol. The number of nitrogens with zero attached hydrogens (tertiary/aromatic N) is 2. The monoisotopic (exact) mass is 478 g/mol. The van der Waals surface area contributed by atoms with Gasteiger partial charge in [-0.05, 0) is 61.5 Å². The molecule has 10 heteroatoms. The van der Waals surface area contributed by atoms with Crippen molar-refractivity contribution in [1.82, 2.24) is 10.9 Å². The molecule has 3 rings (SSSR count). The van der Waals surface area contributed by atoms with E-state index in [4.69, 9.17) is 10.00 Å². The summed E-state index contributed by atoms with van der Waals surface area (Å²) < 4.78 is 32.5. The van der Waals surface area contributed by atoms with Crippen LogP contribution in [0.5, 0.6) is 5.75 Å². The maximum absolute atomic E-state index is 13.0. The second kappa shape index (κ2) is 10.5. The number of rotatable bonds is 7. The predicted octanol–water partition coefficient (Wildman–Crippen LogP) is 2.61. The van der Waals surface area contributed by atoms with Crippen LogP contribution in [0.15, 0.2) is 83.8 Å². The van der Waals surface area contributed by atoms with Gasteiger partial charge in [0.1, 0.15) is 5.75 Å². The van der Waals surface area contributed by atoms with Gasteiger partial charge in [0.2, 0.25) is 0 Å². The van der Waals surface area contributed by atoms with E-state index in [1.807, 2.05) is 6.07 Å². The van der Waals surface area contributed by atoms with E-state index in [0.717, 1.165) is 4.31 Å². The second-order valence-corrected chi connectivity index (χ2v) is 9.14. The maximum Gasteiger partial charge on any atom is 0.279 e. The van der Waals surface area contributed by atoms with Crippen molar-refractivity contribution in [3.05, 3.63) is 90.0 Å². The number of hydrazine groups is 1. The highest BCUT2D eigenvalue weighted by molar-refractivity contribution is 7.92. The molecule has 9 nitrogen and oxygen atoms in total. The van der Waals surface area contributed by atoms with Gasteiger partial charge >= 0.3 is 0 Å².